The zero-order chi connectivity index (χ0) is 14.5. The molecule has 0 radical (unpaired) electrons. The number of H-pyrrole nitrogens is 1. The number of benzene rings is 2. The van der Waals surface area contributed by atoms with E-state index in [2.05, 4.69) is 32.6 Å². The Morgan fingerprint density at radius 3 is 2.67 bits per heavy atom. The number of allylic oxidation sites excluding steroid dienone is 1. The summed E-state index contributed by atoms with van der Waals surface area (Å²) in [6.07, 6.45) is 3.99. The number of nitrogens with zero attached hydrogens (tertiary/aromatic N) is 2. The number of anilines is 1. The van der Waals surface area contributed by atoms with E-state index in [1.54, 1.807) is 0 Å². The highest BCUT2D eigenvalue weighted by atomic mass is 15.4. The van der Waals surface area contributed by atoms with Gasteiger partial charge < -0.3 is 4.98 Å². The average molecular weight is 276 g/mol. The van der Waals surface area contributed by atoms with Crippen LogP contribution in [0.5, 0.6) is 0 Å². The molecule has 2 N–H and O–H groups in total. The number of hydrogen-bond donors (Lipinski definition) is 2. The third kappa shape index (κ3) is 3.36. The number of hydrogen-bond acceptors (Lipinski definition) is 3. The predicted molar refractivity (Wildman–Crippen MR) is 88.3 cm³/mol. The number of rotatable bonds is 4. The zero-order valence-corrected chi connectivity index (χ0v) is 11.7. The molecular formula is C17H16N4. The lowest BCUT2D eigenvalue weighted by Gasteiger charge is -1.96. The van der Waals surface area contributed by atoms with Crippen LogP contribution >= 0.6 is 0 Å². The fourth-order valence-electron chi connectivity index (χ4n) is 1.97. The van der Waals surface area contributed by atoms with Crippen LogP contribution in [-0.4, -0.2) is 15.7 Å². The molecule has 2 aromatic carbocycles. The predicted octanol–water partition coefficient (Wildman–Crippen LogP) is 4.06. The summed E-state index contributed by atoms with van der Waals surface area (Å²) < 4.78 is 0. The monoisotopic (exact) mass is 276 g/mol. The van der Waals surface area contributed by atoms with E-state index in [1.165, 1.54) is 0 Å². The second-order valence-electron chi connectivity index (χ2n) is 4.71. The Balaban J connectivity index is 1.69. The number of imidazole rings is 1. The third-order valence-corrected chi connectivity index (χ3v) is 3.04. The SMILES string of the molecule is CC(/C=C/c1ccccc1)=N/Nc1nc2ccccc2[nH]1. The van der Waals surface area contributed by atoms with Gasteiger partial charge in [0.15, 0.2) is 0 Å². The molecule has 1 aromatic heterocycles. The van der Waals surface area contributed by atoms with Crippen LogP contribution < -0.4 is 5.43 Å². The topological polar surface area (TPSA) is 53.1 Å². The molecule has 0 bridgehead atoms. The van der Waals surface area contributed by atoms with Crippen LogP contribution in [0.15, 0.2) is 65.8 Å². The van der Waals surface area contributed by atoms with E-state index < -0.39 is 0 Å². The Bertz CT molecular complexity index is 752. The van der Waals surface area contributed by atoms with Gasteiger partial charge in [0, 0.05) is 0 Å². The van der Waals surface area contributed by atoms with Crippen molar-refractivity contribution in [3.05, 3.63) is 66.2 Å². The van der Waals surface area contributed by atoms with Crippen LogP contribution in [0.4, 0.5) is 5.95 Å². The van der Waals surface area contributed by atoms with Gasteiger partial charge in [0.25, 0.3) is 0 Å². The molecule has 104 valence electrons. The molecule has 0 spiro atoms. The quantitative estimate of drug-likeness (QED) is 0.557. The number of hydrazone groups is 1. The van der Waals surface area contributed by atoms with Gasteiger partial charge in [-0.15, -0.1) is 0 Å². The molecule has 0 saturated heterocycles. The standard InChI is InChI=1S/C17H16N4/c1-13(11-12-14-7-3-2-4-8-14)20-21-17-18-15-9-5-6-10-16(15)19-17/h2-12H,1H3,(H2,18,19,21)/b12-11+,20-13-. The summed E-state index contributed by atoms with van der Waals surface area (Å²) in [4.78, 5) is 7.58. The lowest BCUT2D eigenvalue weighted by Crippen LogP contribution is -1.95. The number of para-hydroxylation sites is 2. The molecule has 0 atom stereocenters. The largest absolute Gasteiger partial charge is 0.323 e. The maximum absolute atomic E-state index is 4.41. The van der Waals surface area contributed by atoms with Gasteiger partial charge in [0.1, 0.15) is 0 Å². The number of fused-ring (bicyclic) bond motifs is 1. The highest BCUT2D eigenvalue weighted by Gasteiger charge is 1.99. The highest BCUT2D eigenvalue weighted by Crippen LogP contribution is 2.13. The summed E-state index contributed by atoms with van der Waals surface area (Å²) in [5.41, 5.74) is 6.88. The molecule has 0 fully saturated rings. The molecule has 3 rings (SSSR count). The molecule has 0 amide bonds. The molecule has 3 aromatic rings. The lowest BCUT2D eigenvalue weighted by molar-refractivity contribution is 1.21. The Kier molecular flexibility index (Phi) is 3.78. The Morgan fingerprint density at radius 2 is 1.86 bits per heavy atom. The van der Waals surface area contributed by atoms with Crippen molar-refractivity contribution in [2.75, 3.05) is 5.43 Å². The molecular weight excluding hydrogens is 260 g/mol. The van der Waals surface area contributed by atoms with Crippen molar-refractivity contribution in [2.45, 2.75) is 6.92 Å². The molecule has 0 saturated carbocycles. The minimum atomic E-state index is 0.642. The smallest absolute Gasteiger partial charge is 0.222 e. The third-order valence-electron chi connectivity index (χ3n) is 3.04. The van der Waals surface area contributed by atoms with Gasteiger partial charge in [-0.05, 0) is 30.7 Å². The van der Waals surface area contributed by atoms with Crippen molar-refractivity contribution in [1.29, 1.82) is 0 Å². The van der Waals surface area contributed by atoms with Crippen LogP contribution in [0.3, 0.4) is 0 Å². The van der Waals surface area contributed by atoms with E-state index in [-0.39, 0.29) is 0 Å². The second kappa shape index (κ2) is 6.05. The van der Waals surface area contributed by atoms with Crippen molar-refractivity contribution >= 4 is 28.8 Å². The first-order valence-corrected chi connectivity index (χ1v) is 6.79. The van der Waals surface area contributed by atoms with Crippen molar-refractivity contribution in [2.24, 2.45) is 5.10 Å². The first-order chi connectivity index (χ1) is 10.3. The first kappa shape index (κ1) is 13.1. The van der Waals surface area contributed by atoms with Crippen LogP contribution in [0, 0.1) is 0 Å². The summed E-state index contributed by atoms with van der Waals surface area (Å²) in [6, 6.07) is 18.0. The molecule has 4 heteroatoms. The van der Waals surface area contributed by atoms with E-state index in [0.29, 0.717) is 5.95 Å². The van der Waals surface area contributed by atoms with Gasteiger partial charge in [0.2, 0.25) is 5.95 Å². The van der Waals surface area contributed by atoms with Gasteiger partial charge >= 0.3 is 0 Å². The van der Waals surface area contributed by atoms with Crippen LogP contribution in [0.1, 0.15) is 12.5 Å². The van der Waals surface area contributed by atoms with Crippen LogP contribution in [0.25, 0.3) is 17.1 Å². The molecule has 1 heterocycles. The first-order valence-electron chi connectivity index (χ1n) is 6.79. The van der Waals surface area contributed by atoms with Crippen molar-refractivity contribution < 1.29 is 0 Å². The molecule has 0 aliphatic carbocycles. The summed E-state index contributed by atoms with van der Waals surface area (Å²) in [6.45, 7) is 1.94. The lowest BCUT2D eigenvalue weighted by atomic mass is 10.2. The Morgan fingerprint density at radius 1 is 1.10 bits per heavy atom. The van der Waals surface area contributed by atoms with Gasteiger partial charge in [-0.3, -0.25) is 0 Å². The summed E-state index contributed by atoms with van der Waals surface area (Å²) >= 11 is 0. The zero-order valence-electron chi connectivity index (χ0n) is 11.7. The van der Waals surface area contributed by atoms with Gasteiger partial charge in [-0.1, -0.05) is 48.5 Å². The average Bonchev–Trinajstić information content (AvgIpc) is 2.95. The second-order valence-corrected chi connectivity index (χ2v) is 4.71. The molecule has 4 nitrogen and oxygen atoms in total. The molecule has 0 unspecified atom stereocenters. The van der Waals surface area contributed by atoms with E-state index in [0.717, 1.165) is 22.3 Å². The van der Waals surface area contributed by atoms with Gasteiger partial charge in [-0.2, -0.15) is 5.10 Å². The number of nitrogens with one attached hydrogen (secondary N) is 2. The van der Waals surface area contributed by atoms with Crippen molar-refractivity contribution in [1.82, 2.24) is 9.97 Å². The number of aromatic nitrogens is 2. The minimum absolute atomic E-state index is 0.642. The molecule has 0 aliphatic rings. The highest BCUT2D eigenvalue weighted by molar-refractivity contribution is 5.96. The van der Waals surface area contributed by atoms with E-state index in [1.807, 2.05) is 61.5 Å². The summed E-state index contributed by atoms with van der Waals surface area (Å²) in [7, 11) is 0. The van der Waals surface area contributed by atoms with E-state index >= 15 is 0 Å². The Labute approximate surface area is 123 Å². The van der Waals surface area contributed by atoms with Crippen LogP contribution in [0.2, 0.25) is 0 Å². The Hall–Kier alpha value is -2.88. The summed E-state index contributed by atoms with van der Waals surface area (Å²) in [5, 5.41) is 4.29. The normalized spacial score (nSPS) is 12.1. The molecule has 21 heavy (non-hydrogen) atoms. The van der Waals surface area contributed by atoms with Crippen molar-refractivity contribution in [3.63, 3.8) is 0 Å². The van der Waals surface area contributed by atoms with E-state index in [9.17, 15) is 0 Å². The fourth-order valence-corrected chi connectivity index (χ4v) is 1.97. The van der Waals surface area contributed by atoms with Gasteiger partial charge in [0.05, 0.1) is 16.7 Å². The number of aromatic amines is 1. The van der Waals surface area contributed by atoms with Gasteiger partial charge in [-0.25, -0.2) is 10.4 Å². The summed E-state index contributed by atoms with van der Waals surface area (Å²) in [5.74, 6) is 0.642. The fraction of sp³-hybridized carbons (Fsp3) is 0.0588. The maximum Gasteiger partial charge on any atom is 0.222 e. The maximum atomic E-state index is 4.41. The van der Waals surface area contributed by atoms with Crippen LogP contribution in [-0.2, 0) is 0 Å². The minimum Gasteiger partial charge on any atom is -0.323 e. The van der Waals surface area contributed by atoms with E-state index in [4.69, 9.17) is 0 Å². The van der Waals surface area contributed by atoms with Crippen molar-refractivity contribution in [3.8, 4) is 0 Å². The molecule has 0 aliphatic heterocycles.